The summed E-state index contributed by atoms with van der Waals surface area (Å²) in [6, 6.07) is 8.92. The Bertz CT molecular complexity index is 405. The second-order valence-electron chi connectivity index (χ2n) is 3.47. The van der Waals surface area contributed by atoms with Gasteiger partial charge >= 0.3 is 6.09 Å². The zero-order valence-electron chi connectivity index (χ0n) is 8.63. The molecule has 1 saturated heterocycles. The van der Waals surface area contributed by atoms with Gasteiger partial charge in [0, 0.05) is 0 Å². The molecule has 0 aromatic heterocycles. The molecule has 2 amide bonds. The smallest absolute Gasteiger partial charge is 0.417 e. The highest BCUT2D eigenvalue weighted by Crippen LogP contribution is 2.27. The molecule has 1 aromatic rings. The Labute approximate surface area is 92.8 Å². The number of nitrogens with two attached hydrogens (primary N) is 1. The van der Waals surface area contributed by atoms with Gasteiger partial charge in [0.2, 0.25) is 5.91 Å². The van der Waals surface area contributed by atoms with Crippen LogP contribution in [0.4, 0.5) is 4.79 Å². The standard InChI is InChI=1S/C11H12N2O3/c12-6-10(14)13-9(7-16-11(13)15)8-4-2-1-3-5-8/h1-5,9H,6-7,12H2/t9-/m1/s1. The van der Waals surface area contributed by atoms with E-state index in [0.717, 1.165) is 10.5 Å². The Hall–Kier alpha value is -1.88. The van der Waals surface area contributed by atoms with Crippen LogP contribution in [-0.4, -0.2) is 30.1 Å². The van der Waals surface area contributed by atoms with E-state index in [9.17, 15) is 9.59 Å². The van der Waals surface area contributed by atoms with Gasteiger partial charge in [0.05, 0.1) is 6.54 Å². The van der Waals surface area contributed by atoms with Crippen LogP contribution in [0.2, 0.25) is 0 Å². The van der Waals surface area contributed by atoms with E-state index < -0.39 is 12.0 Å². The van der Waals surface area contributed by atoms with Crippen molar-refractivity contribution in [2.45, 2.75) is 6.04 Å². The molecule has 0 bridgehead atoms. The van der Waals surface area contributed by atoms with E-state index in [1.165, 1.54) is 0 Å². The van der Waals surface area contributed by atoms with Crippen molar-refractivity contribution < 1.29 is 14.3 Å². The molecule has 1 fully saturated rings. The van der Waals surface area contributed by atoms with Crippen LogP contribution in [-0.2, 0) is 9.53 Å². The topological polar surface area (TPSA) is 72.6 Å². The van der Waals surface area contributed by atoms with Crippen molar-refractivity contribution in [3.05, 3.63) is 35.9 Å². The van der Waals surface area contributed by atoms with Crippen LogP contribution in [0.25, 0.3) is 0 Å². The van der Waals surface area contributed by atoms with Gasteiger partial charge in [-0.05, 0) is 5.56 Å². The minimum atomic E-state index is -0.621. The van der Waals surface area contributed by atoms with Gasteiger partial charge in [0.15, 0.2) is 0 Å². The molecule has 0 unspecified atom stereocenters. The average Bonchev–Trinajstić information content (AvgIpc) is 2.71. The second-order valence-corrected chi connectivity index (χ2v) is 3.47. The van der Waals surface area contributed by atoms with Gasteiger partial charge in [-0.2, -0.15) is 0 Å². The van der Waals surface area contributed by atoms with Gasteiger partial charge in [-0.15, -0.1) is 0 Å². The van der Waals surface area contributed by atoms with E-state index in [1.807, 2.05) is 30.3 Å². The molecule has 2 N–H and O–H groups in total. The summed E-state index contributed by atoms with van der Waals surface area (Å²) in [5.41, 5.74) is 6.13. The van der Waals surface area contributed by atoms with Crippen LogP contribution < -0.4 is 5.73 Å². The van der Waals surface area contributed by atoms with Crippen molar-refractivity contribution in [1.29, 1.82) is 0 Å². The van der Waals surface area contributed by atoms with Crippen molar-refractivity contribution in [1.82, 2.24) is 4.90 Å². The fourth-order valence-corrected chi connectivity index (χ4v) is 1.72. The number of imide groups is 1. The third-order valence-corrected chi connectivity index (χ3v) is 2.50. The van der Waals surface area contributed by atoms with Crippen molar-refractivity contribution >= 4 is 12.0 Å². The number of hydrogen-bond acceptors (Lipinski definition) is 4. The average molecular weight is 220 g/mol. The first-order valence-corrected chi connectivity index (χ1v) is 4.98. The van der Waals surface area contributed by atoms with Crippen molar-refractivity contribution in [3.63, 3.8) is 0 Å². The van der Waals surface area contributed by atoms with Crippen LogP contribution in [0, 0.1) is 0 Å². The zero-order chi connectivity index (χ0) is 11.5. The second kappa shape index (κ2) is 4.32. The minimum absolute atomic E-state index is 0.189. The highest BCUT2D eigenvalue weighted by atomic mass is 16.6. The Morgan fingerprint density at radius 1 is 1.44 bits per heavy atom. The maximum Gasteiger partial charge on any atom is 0.417 e. The maximum absolute atomic E-state index is 11.5. The molecule has 0 spiro atoms. The molecule has 84 valence electrons. The molecule has 0 aliphatic carbocycles. The number of carbonyl (C=O) groups is 2. The number of carbonyl (C=O) groups excluding carboxylic acids is 2. The molecule has 2 rings (SSSR count). The third kappa shape index (κ3) is 1.77. The monoisotopic (exact) mass is 220 g/mol. The number of benzene rings is 1. The fourth-order valence-electron chi connectivity index (χ4n) is 1.72. The Morgan fingerprint density at radius 2 is 2.12 bits per heavy atom. The van der Waals surface area contributed by atoms with Gasteiger partial charge in [-0.3, -0.25) is 4.79 Å². The third-order valence-electron chi connectivity index (χ3n) is 2.50. The summed E-state index contributed by atoms with van der Waals surface area (Å²) in [4.78, 5) is 24.0. The molecule has 0 radical (unpaired) electrons. The number of hydrogen-bond donors (Lipinski definition) is 1. The number of rotatable bonds is 2. The van der Waals surface area contributed by atoms with Gasteiger partial charge in [0.1, 0.15) is 12.6 Å². The van der Waals surface area contributed by atoms with Crippen LogP contribution in [0.15, 0.2) is 30.3 Å². The predicted octanol–water partition coefficient (Wildman–Crippen LogP) is 0.665. The lowest BCUT2D eigenvalue weighted by atomic mass is 10.1. The summed E-state index contributed by atoms with van der Waals surface area (Å²) in [6.45, 7) is -0.00692. The molecule has 5 nitrogen and oxygen atoms in total. The SMILES string of the molecule is NCC(=O)N1C(=O)OC[C@@H]1c1ccccc1. The molecule has 16 heavy (non-hydrogen) atoms. The Morgan fingerprint density at radius 3 is 2.75 bits per heavy atom. The molecule has 0 saturated carbocycles. The van der Waals surface area contributed by atoms with Crippen LogP contribution >= 0.6 is 0 Å². The van der Waals surface area contributed by atoms with E-state index in [0.29, 0.717) is 0 Å². The molecule has 1 aromatic carbocycles. The van der Waals surface area contributed by atoms with Crippen LogP contribution in [0.5, 0.6) is 0 Å². The predicted molar refractivity (Wildman–Crippen MR) is 56.4 cm³/mol. The summed E-state index contributed by atoms with van der Waals surface area (Å²) in [6.07, 6.45) is -0.621. The van der Waals surface area contributed by atoms with Gasteiger partial charge in [0.25, 0.3) is 0 Å². The minimum Gasteiger partial charge on any atom is -0.446 e. The van der Waals surface area contributed by atoms with E-state index >= 15 is 0 Å². The van der Waals surface area contributed by atoms with Gasteiger partial charge < -0.3 is 10.5 Å². The molecule has 1 aliphatic heterocycles. The first-order chi connectivity index (χ1) is 7.74. The highest BCUT2D eigenvalue weighted by molar-refractivity contribution is 5.94. The zero-order valence-corrected chi connectivity index (χ0v) is 8.63. The van der Waals surface area contributed by atoms with Crippen LogP contribution in [0.3, 0.4) is 0 Å². The summed E-state index contributed by atoms with van der Waals surface area (Å²) in [7, 11) is 0. The molecular weight excluding hydrogens is 208 g/mol. The summed E-state index contributed by atoms with van der Waals surface area (Å²) in [5, 5.41) is 0. The first-order valence-electron chi connectivity index (χ1n) is 4.98. The number of amides is 2. The largest absolute Gasteiger partial charge is 0.446 e. The van der Waals surface area contributed by atoms with Crippen molar-refractivity contribution in [3.8, 4) is 0 Å². The molecule has 1 aliphatic rings. The number of nitrogens with zero attached hydrogens (tertiary/aromatic N) is 1. The van der Waals surface area contributed by atoms with Gasteiger partial charge in [-0.25, -0.2) is 9.69 Å². The van der Waals surface area contributed by atoms with E-state index in [-0.39, 0.29) is 19.2 Å². The normalized spacial score (nSPS) is 19.7. The van der Waals surface area contributed by atoms with E-state index in [1.54, 1.807) is 0 Å². The van der Waals surface area contributed by atoms with E-state index in [4.69, 9.17) is 10.5 Å². The Kier molecular flexibility index (Phi) is 2.87. The molecule has 5 heteroatoms. The van der Waals surface area contributed by atoms with Crippen LogP contribution in [0.1, 0.15) is 11.6 Å². The van der Waals surface area contributed by atoms with E-state index in [2.05, 4.69) is 0 Å². The fraction of sp³-hybridized carbons (Fsp3) is 0.273. The first kappa shape index (κ1) is 10.6. The summed E-state index contributed by atoms with van der Waals surface area (Å²) in [5.74, 6) is -0.420. The lowest BCUT2D eigenvalue weighted by molar-refractivity contribution is -0.127. The van der Waals surface area contributed by atoms with Crippen molar-refractivity contribution in [2.24, 2.45) is 5.73 Å². The number of cyclic esters (lactones) is 1. The molecule has 1 heterocycles. The van der Waals surface area contributed by atoms with Gasteiger partial charge in [-0.1, -0.05) is 30.3 Å². The quantitative estimate of drug-likeness (QED) is 0.794. The van der Waals surface area contributed by atoms with Crippen molar-refractivity contribution in [2.75, 3.05) is 13.2 Å². The lowest BCUT2D eigenvalue weighted by Crippen LogP contribution is -2.38. The maximum atomic E-state index is 11.5. The lowest BCUT2D eigenvalue weighted by Gasteiger charge is -2.18. The number of ether oxygens (including phenoxy) is 1. The molecular formula is C11H12N2O3. The summed E-state index contributed by atoms with van der Waals surface area (Å²) >= 11 is 0. The highest BCUT2D eigenvalue weighted by Gasteiger charge is 2.37. The summed E-state index contributed by atoms with van der Waals surface area (Å²) < 4.78 is 4.87. The molecule has 1 atom stereocenters. The Balaban J connectivity index is 2.28.